The standard InChI is InChI=1S/C25H24BrNO4/c1-29-23-15-20(9-12-22(23)31-17-18-5-3-2-4-6-18)25(28)27-13-14-30-24(16-27)19-7-10-21(26)11-8-19/h2-12,15,24H,13-14,16-17H2,1H3. The molecule has 31 heavy (non-hydrogen) atoms. The largest absolute Gasteiger partial charge is 0.493 e. The molecular weight excluding hydrogens is 458 g/mol. The minimum Gasteiger partial charge on any atom is -0.493 e. The van der Waals surface area contributed by atoms with Gasteiger partial charge in [-0.25, -0.2) is 0 Å². The van der Waals surface area contributed by atoms with E-state index in [1.165, 1.54) is 0 Å². The van der Waals surface area contributed by atoms with Gasteiger partial charge < -0.3 is 19.1 Å². The van der Waals surface area contributed by atoms with Crippen LogP contribution in [0.4, 0.5) is 0 Å². The number of halogens is 1. The second-order valence-electron chi connectivity index (χ2n) is 7.30. The molecule has 1 saturated heterocycles. The van der Waals surface area contributed by atoms with Gasteiger partial charge in [-0.2, -0.15) is 0 Å². The van der Waals surface area contributed by atoms with Crippen LogP contribution in [-0.4, -0.2) is 37.6 Å². The Kier molecular flexibility index (Phi) is 6.89. The van der Waals surface area contributed by atoms with E-state index in [1.54, 1.807) is 25.3 Å². The molecule has 1 heterocycles. The summed E-state index contributed by atoms with van der Waals surface area (Å²) in [4.78, 5) is 15.0. The Hall–Kier alpha value is -2.83. The molecule has 1 unspecified atom stereocenters. The van der Waals surface area contributed by atoms with Crippen LogP contribution in [0.2, 0.25) is 0 Å². The first-order chi connectivity index (χ1) is 15.1. The Bertz CT molecular complexity index is 1020. The van der Waals surface area contributed by atoms with Crippen LogP contribution in [0.1, 0.15) is 27.6 Å². The van der Waals surface area contributed by atoms with Gasteiger partial charge in [-0.15, -0.1) is 0 Å². The van der Waals surface area contributed by atoms with Crippen LogP contribution in [0, 0.1) is 0 Å². The predicted octanol–water partition coefficient (Wildman–Crippen LogP) is 5.25. The number of carbonyl (C=O) groups is 1. The van der Waals surface area contributed by atoms with Crippen molar-refractivity contribution in [3.05, 3.63) is 94.0 Å². The molecule has 4 rings (SSSR count). The number of morpholine rings is 1. The van der Waals surface area contributed by atoms with Crippen molar-refractivity contribution in [2.75, 3.05) is 26.8 Å². The average Bonchev–Trinajstić information content (AvgIpc) is 2.83. The van der Waals surface area contributed by atoms with Gasteiger partial charge in [0.2, 0.25) is 0 Å². The molecule has 3 aromatic carbocycles. The lowest BCUT2D eigenvalue weighted by molar-refractivity contribution is -0.0228. The van der Waals surface area contributed by atoms with Gasteiger partial charge in [0, 0.05) is 16.6 Å². The van der Waals surface area contributed by atoms with Crippen LogP contribution >= 0.6 is 15.9 Å². The van der Waals surface area contributed by atoms with Gasteiger partial charge in [0.05, 0.1) is 20.3 Å². The van der Waals surface area contributed by atoms with E-state index in [1.807, 2.05) is 59.5 Å². The maximum atomic E-state index is 13.2. The second kappa shape index (κ2) is 9.98. The third-order valence-corrected chi connectivity index (χ3v) is 5.77. The molecule has 3 aromatic rings. The van der Waals surface area contributed by atoms with Crippen molar-refractivity contribution < 1.29 is 19.0 Å². The van der Waals surface area contributed by atoms with E-state index in [4.69, 9.17) is 14.2 Å². The van der Waals surface area contributed by atoms with Crippen LogP contribution in [-0.2, 0) is 11.3 Å². The molecule has 0 radical (unpaired) electrons. The molecule has 0 aliphatic carbocycles. The summed E-state index contributed by atoms with van der Waals surface area (Å²) < 4.78 is 18.3. The Balaban J connectivity index is 1.45. The van der Waals surface area contributed by atoms with E-state index in [9.17, 15) is 4.79 Å². The highest BCUT2D eigenvalue weighted by atomic mass is 79.9. The van der Waals surface area contributed by atoms with Gasteiger partial charge in [0.25, 0.3) is 5.91 Å². The Morgan fingerprint density at radius 3 is 2.58 bits per heavy atom. The lowest BCUT2D eigenvalue weighted by Gasteiger charge is -2.33. The summed E-state index contributed by atoms with van der Waals surface area (Å²) in [6.45, 7) is 2.00. The van der Waals surface area contributed by atoms with Crippen molar-refractivity contribution in [1.82, 2.24) is 4.90 Å². The molecule has 1 aliphatic heterocycles. The van der Waals surface area contributed by atoms with Crippen LogP contribution in [0.3, 0.4) is 0 Å². The number of methoxy groups -OCH3 is 1. The molecule has 6 heteroatoms. The van der Waals surface area contributed by atoms with E-state index in [0.717, 1.165) is 15.6 Å². The van der Waals surface area contributed by atoms with Gasteiger partial charge in [-0.3, -0.25) is 4.79 Å². The number of amides is 1. The normalized spacial score (nSPS) is 16.1. The molecule has 5 nitrogen and oxygen atoms in total. The summed E-state index contributed by atoms with van der Waals surface area (Å²) in [5.74, 6) is 1.11. The molecule has 0 saturated carbocycles. The van der Waals surface area contributed by atoms with Crippen molar-refractivity contribution in [3.63, 3.8) is 0 Å². The van der Waals surface area contributed by atoms with E-state index in [-0.39, 0.29) is 12.0 Å². The fraction of sp³-hybridized carbons (Fsp3) is 0.240. The third-order valence-electron chi connectivity index (χ3n) is 5.24. The lowest BCUT2D eigenvalue weighted by Crippen LogP contribution is -2.42. The first kappa shape index (κ1) is 21.4. The van der Waals surface area contributed by atoms with E-state index in [0.29, 0.717) is 43.4 Å². The average molecular weight is 482 g/mol. The fourth-order valence-corrected chi connectivity index (χ4v) is 3.81. The zero-order valence-electron chi connectivity index (χ0n) is 17.3. The van der Waals surface area contributed by atoms with Gasteiger partial charge in [0.15, 0.2) is 11.5 Å². The number of ether oxygens (including phenoxy) is 3. The third kappa shape index (κ3) is 5.27. The van der Waals surface area contributed by atoms with Crippen molar-refractivity contribution in [3.8, 4) is 11.5 Å². The maximum Gasteiger partial charge on any atom is 0.254 e. The number of nitrogens with zero attached hydrogens (tertiary/aromatic N) is 1. The molecule has 0 aromatic heterocycles. The molecular formula is C25H24BrNO4. The molecule has 160 valence electrons. The Morgan fingerprint density at radius 2 is 1.84 bits per heavy atom. The van der Waals surface area contributed by atoms with E-state index in [2.05, 4.69) is 15.9 Å². The molecule has 0 spiro atoms. The fourth-order valence-electron chi connectivity index (χ4n) is 3.55. The maximum absolute atomic E-state index is 13.2. The second-order valence-corrected chi connectivity index (χ2v) is 8.22. The summed E-state index contributed by atoms with van der Waals surface area (Å²) in [6.07, 6.45) is -0.138. The SMILES string of the molecule is COc1cc(C(=O)N2CCOC(c3ccc(Br)cc3)C2)ccc1OCc1ccccc1. The number of hydrogen-bond acceptors (Lipinski definition) is 4. The zero-order valence-corrected chi connectivity index (χ0v) is 18.9. The zero-order chi connectivity index (χ0) is 21.6. The molecule has 1 fully saturated rings. The van der Waals surface area contributed by atoms with Crippen LogP contribution in [0.15, 0.2) is 77.3 Å². The first-order valence-electron chi connectivity index (χ1n) is 10.1. The first-order valence-corrected chi connectivity index (χ1v) is 10.9. The summed E-state index contributed by atoms with van der Waals surface area (Å²) in [6, 6.07) is 23.3. The smallest absolute Gasteiger partial charge is 0.254 e. The predicted molar refractivity (Wildman–Crippen MR) is 123 cm³/mol. The quantitative estimate of drug-likeness (QED) is 0.482. The van der Waals surface area contributed by atoms with Crippen LogP contribution < -0.4 is 9.47 Å². The van der Waals surface area contributed by atoms with Crippen molar-refractivity contribution >= 4 is 21.8 Å². The number of benzene rings is 3. The van der Waals surface area contributed by atoms with Crippen molar-refractivity contribution in [2.24, 2.45) is 0 Å². The number of carbonyl (C=O) groups excluding carboxylic acids is 1. The highest BCUT2D eigenvalue weighted by Crippen LogP contribution is 2.30. The molecule has 1 aliphatic rings. The highest BCUT2D eigenvalue weighted by molar-refractivity contribution is 9.10. The topological polar surface area (TPSA) is 48.0 Å². The van der Waals surface area contributed by atoms with Crippen molar-refractivity contribution in [1.29, 1.82) is 0 Å². The lowest BCUT2D eigenvalue weighted by atomic mass is 10.1. The van der Waals surface area contributed by atoms with E-state index >= 15 is 0 Å². The van der Waals surface area contributed by atoms with Crippen LogP contribution in [0.5, 0.6) is 11.5 Å². The minimum absolute atomic E-state index is 0.0432. The molecule has 0 bridgehead atoms. The van der Waals surface area contributed by atoms with Gasteiger partial charge in [-0.05, 0) is 41.5 Å². The summed E-state index contributed by atoms with van der Waals surface area (Å²) >= 11 is 3.45. The minimum atomic E-state index is -0.138. The number of hydrogen-bond donors (Lipinski definition) is 0. The molecule has 1 amide bonds. The summed E-state index contributed by atoms with van der Waals surface area (Å²) in [7, 11) is 1.58. The van der Waals surface area contributed by atoms with Crippen LogP contribution in [0.25, 0.3) is 0 Å². The number of rotatable bonds is 6. The Labute approximate surface area is 190 Å². The molecule has 0 N–H and O–H groups in total. The van der Waals surface area contributed by atoms with E-state index < -0.39 is 0 Å². The highest BCUT2D eigenvalue weighted by Gasteiger charge is 2.26. The summed E-state index contributed by atoms with van der Waals surface area (Å²) in [5, 5.41) is 0. The van der Waals surface area contributed by atoms with Gasteiger partial charge >= 0.3 is 0 Å². The monoisotopic (exact) mass is 481 g/mol. The molecule has 1 atom stereocenters. The summed E-state index contributed by atoms with van der Waals surface area (Å²) in [5.41, 5.74) is 2.69. The Morgan fingerprint density at radius 1 is 1.06 bits per heavy atom. The van der Waals surface area contributed by atoms with Crippen molar-refractivity contribution in [2.45, 2.75) is 12.7 Å². The van der Waals surface area contributed by atoms with Gasteiger partial charge in [-0.1, -0.05) is 58.4 Å². The van der Waals surface area contributed by atoms with Gasteiger partial charge in [0.1, 0.15) is 12.7 Å².